The predicted molar refractivity (Wildman–Crippen MR) is 157 cm³/mol. The Bertz CT molecular complexity index is 1380. The van der Waals surface area contributed by atoms with Crippen molar-refractivity contribution in [3.05, 3.63) is 42.0 Å². The van der Waals surface area contributed by atoms with Gasteiger partial charge in [0.15, 0.2) is 11.5 Å². The molecule has 1 aliphatic heterocycles. The number of carbonyl (C=O) groups excluding carboxylic acids is 1. The number of carboxylic acid groups (broad SMARTS) is 1. The SMILES string of the molecule is CCc1c(-c2ccc(OC)c(OC)c2)n(C(=O)O)c2ccc(N(CC)C3CCN(C(=O)OC(C)(C)C)CC3)cc12. The minimum atomic E-state index is -1.04. The molecule has 1 aliphatic rings. The Balaban J connectivity index is 1.70. The Morgan fingerprint density at radius 3 is 2.23 bits per heavy atom. The number of amides is 1. The molecule has 0 bridgehead atoms. The van der Waals surface area contributed by atoms with E-state index in [1.807, 2.05) is 52.0 Å². The number of ether oxygens (including phenoxy) is 3. The zero-order valence-electron chi connectivity index (χ0n) is 24.6. The molecular formula is C31H41N3O6. The number of rotatable bonds is 7. The number of anilines is 1. The number of benzene rings is 2. The van der Waals surface area contributed by atoms with E-state index in [2.05, 4.69) is 17.9 Å². The highest BCUT2D eigenvalue weighted by molar-refractivity contribution is 6.00. The van der Waals surface area contributed by atoms with Gasteiger partial charge in [0.25, 0.3) is 0 Å². The van der Waals surface area contributed by atoms with Crippen molar-refractivity contribution in [3.63, 3.8) is 0 Å². The van der Waals surface area contributed by atoms with E-state index in [0.717, 1.165) is 41.6 Å². The predicted octanol–water partition coefficient (Wildman–Crippen LogP) is 6.64. The summed E-state index contributed by atoms with van der Waals surface area (Å²) in [4.78, 5) is 29.3. The summed E-state index contributed by atoms with van der Waals surface area (Å²) in [5.41, 5.74) is 3.52. The van der Waals surface area contributed by atoms with Crippen LogP contribution >= 0.6 is 0 Å². The van der Waals surface area contributed by atoms with Crippen LogP contribution in [0.3, 0.4) is 0 Å². The van der Waals surface area contributed by atoms with Gasteiger partial charge in [-0.3, -0.25) is 0 Å². The second-order valence-electron chi connectivity index (χ2n) is 11.1. The maximum absolute atomic E-state index is 12.6. The molecule has 1 fully saturated rings. The van der Waals surface area contributed by atoms with E-state index < -0.39 is 11.7 Å². The number of likely N-dealkylation sites (tertiary alicyclic amines) is 1. The fourth-order valence-electron chi connectivity index (χ4n) is 5.70. The van der Waals surface area contributed by atoms with Gasteiger partial charge in [-0.2, -0.15) is 0 Å². The highest BCUT2D eigenvalue weighted by Gasteiger charge is 2.30. The van der Waals surface area contributed by atoms with Gasteiger partial charge in [0.1, 0.15) is 5.60 Å². The molecule has 2 heterocycles. The normalized spacial score (nSPS) is 14.3. The standard InChI is InChI=1S/C31H41N3O6/c1-8-23-24-19-22(33(9-2)21-14-16-32(17-15-21)30(37)40-31(3,4)5)11-12-25(24)34(29(35)36)28(23)20-10-13-26(38-6)27(18-20)39-7/h10-13,18-19,21H,8-9,14-17H2,1-7H3,(H,35,36). The molecule has 9 heteroatoms. The van der Waals surface area contributed by atoms with Gasteiger partial charge in [-0.25, -0.2) is 14.2 Å². The van der Waals surface area contributed by atoms with Crippen LogP contribution in [0.5, 0.6) is 11.5 Å². The van der Waals surface area contributed by atoms with Crippen LogP contribution in [0.1, 0.15) is 53.0 Å². The van der Waals surface area contributed by atoms with Crippen molar-refractivity contribution in [1.29, 1.82) is 0 Å². The maximum atomic E-state index is 12.6. The number of aromatic nitrogens is 1. The molecule has 1 N–H and O–H groups in total. The Morgan fingerprint density at radius 1 is 1.00 bits per heavy atom. The average molecular weight is 552 g/mol. The van der Waals surface area contributed by atoms with Crippen LogP contribution in [-0.4, -0.2) is 72.3 Å². The van der Waals surface area contributed by atoms with Crippen molar-refractivity contribution in [2.45, 2.75) is 65.5 Å². The monoisotopic (exact) mass is 551 g/mol. The van der Waals surface area contributed by atoms with E-state index in [4.69, 9.17) is 14.2 Å². The summed E-state index contributed by atoms with van der Waals surface area (Å²) in [5.74, 6) is 1.13. The van der Waals surface area contributed by atoms with Gasteiger partial charge >= 0.3 is 12.2 Å². The molecule has 216 valence electrons. The van der Waals surface area contributed by atoms with Crippen LogP contribution in [0, 0.1) is 0 Å². The second-order valence-corrected chi connectivity index (χ2v) is 11.1. The number of piperidine rings is 1. The molecule has 1 aromatic heterocycles. The lowest BCUT2D eigenvalue weighted by molar-refractivity contribution is 0.0205. The molecule has 40 heavy (non-hydrogen) atoms. The molecular weight excluding hydrogens is 510 g/mol. The van der Waals surface area contributed by atoms with E-state index in [1.54, 1.807) is 25.2 Å². The number of methoxy groups -OCH3 is 2. The third-order valence-corrected chi connectivity index (χ3v) is 7.49. The van der Waals surface area contributed by atoms with Crippen LogP contribution < -0.4 is 14.4 Å². The van der Waals surface area contributed by atoms with Crippen molar-refractivity contribution < 1.29 is 28.9 Å². The molecule has 0 radical (unpaired) electrons. The largest absolute Gasteiger partial charge is 0.493 e. The van der Waals surface area contributed by atoms with Crippen LogP contribution in [0.4, 0.5) is 15.3 Å². The molecule has 0 atom stereocenters. The molecule has 1 amide bonds. The number of carbonyl (C=O) groups is 2. The molecule has 0 spiro atoms. The third-order valence-electron chi connectivity index (χ3n) is 7.49. The van der Waals surface area contributed by atoms with Gasteiger partial charge in [-0.05, 0) is 88.9 Å². The van der Waals surface area contributed by atoms with Crippen molar-refractivity contribution in [2.24, 2.45) is 0 Å². The first-order valence-electron chi connectivity index (χ1n) is 13.9. The highest BCUT2D eigenvalue weighted by atomic mass is 16.6. The second kappa shape index (κ2) is 11.7. The van der Waals surface area contributed by atoms with Crippen LogP contribution in [0.15, 0.2) is 36.4 Å². The molecule has 0 saturated carbocycles. The fourth-order valence-corrected chi connectivity index (χ4v) is 5.70. The first kappa shape index (κ1) is 29.1. The Morgan fingerprint density at radius 2 is 1.68 bits per heavy atom. The summed E-state index contributed by atoms with van der Waals surface area (Å²) in [6.07, 6.45) is 1.02. The van der Waals surface area contributed by atoms with Gasteiger partial charge in [0, 0.05) is 42.3 Å². The summed E-state index contributed by atoms with van der Waals surface area (Å²) in [5, 5.41) is 11.2. The summed E-state index contributed by atoms with van der Waals surface area (Å²) in [6, 6.07) is 11.8. The lowest BCUT2D eigenvalue weighted by Gasteiger charge is -2.39. The molecule has 2 aromatic carbocycles. The van der Waals surface area contributed by atoms with E-state index in [-0.39, 0.29) is 12.1 Å². The average Bonchev–Trinajstić information content (AvgIpc) is 3.26. The van der Waals surface area contributed by atoms with Gasteiger partial charge in [-0.15, -0.1) is 0 Å². The first-order valence-corrected chi connectivity index (χ1v) is 13.9. The molecule has 1 saturated heterocycles. The van der Waals surface area contributed by atoms with E-state index in [1.165, 1.54) is 4.57 Å². The summed E-state index contributed by atoms with van der Waals surface area (Å²) in [7, 11) is 3.14. The third kappa shape index (κ3) is 5.69. The fraction of sp³-hybridized carbons (Fsp3) is 0.484. The van der Waals surface area contributed by atoms with E-state index in [9.17, 15) is 14.7 Å². The molecule has 3 aromatic rings. The quantitative estimate of drug-likeness (QED) is 0.352. The zero-order valence-corrected chi connectivity index (χ0v) is 24.6. The Labute approximate surface area is 236 Å². The summed E-state index contributed by atoms with van der Waals surface area (Å²) < 4.78 is 17.8. The Hall–Kier alpha value is -3.88. The first-order chi connectivity index (χ1) is 19.0. The van der Waals surface area contributed by atoms with Crippen LogP contribution in [0.2, 0.25) is 0 Å². The topological polar surface area (TPSA) is 93.5 Å². The van der Waals surface area contributed by atoms with Gasteiger partial charge in [0.2, 0.25) is 0 Å². The lowest BCUT2D eigenvalue weighted by Crippen LogP contribution is -2.48. The zero-order chi connectivity index (χ0) is 29.2. The maximum Gasteiger partial charge on any atom is 0.416 e. The number of aryl methyl sites for hydroxylation is 1. The van der Waals surface area contributed by atoms with Crippen molar-refractivity contribution in [1.82, 2.24) is 9.47 Å². The van der Waals surface area contributed by atoms with Crippen molar-refractivity contribution >= 4 is 28.8 Å². The summed E-state index contributed by atoms with van der Waals surface area (Å²) >= 11 is 0. The van der Waals surface area contributed by atoms with E-state index >= 15 is 0 Å². The number of fused-ring (bicyclic) bond motifs is 1. The van der Waals surface area contributed by atoms with Crippen molar-refractivity contribution in [2.75, 3.05) is 38.8 Å². The number of hydrogen-bond donors (Lipinski definition) is 1. The molecule has 4 rings (SSSR count). The minimum absolute atomic E-state index is 0.262. The lowest BCUT2D eigenvalue weighted by atomic mass is 10.0. The van der Waals surface area contributed by atoms with Crippen LogP contribution in [-0.2, 0) is 11.2 Å². The van der Waals surface area contributed by atoms with E-state index in [0.29, 0.717) is 42.2 Å². The van der Waals surface area contributed by atoms with Gasteiger partial charge < -0.3 is 29.1 Å². The van der Waals surface area contributed by atoms with Gasteiger partial charge in [-0.1, -0.05) is 6.92 Å². The highest BCUT2D eigenvalue weighted by Crippen LogP contribution is 2.40. The van der Waals surface area contributed by atoms with Crippen LogP contribution in [0.25, 0.3) is 22.2 Å². The number of hydrogen-bond acceptors (Lipinski definition) is 6. The minimum Gasteiger partial charge on any atom is -0.493 e. The summed E-state index contributed by atoms with van der Waals surface area (Å²) in [6.45, 7) is 11.9. The van der Waals surface area contributed by atoms with Gasteiger partial charge in [0.05, 0.1) is 25.4 Å². The molecule has 0 aliphatic carbocycles. The smallest absolute Gasteiger partial charge is 0.416 e. The molecule has 0 unspecified atom stereocenters. The Kier molecular flexibility index (Phi) is 8.51. The molecule has 9 nitrogen and oxygen atoms in total. The number of nitrogens with zero attached hydrogens (tertiary/aromatic N) is 3. The van der Waals surface area contributed by atoms with Crippen molar-refractivity contribution in [3.8, 4) is 22.8 Å².